The van der Waals surface area contributed by atoms with E-state index in [0.29, 0.717) is 11.5 Å². The number of hydrogen-bond acceptors (Lipinski definition) is 4. The van der Waals surface area contributed by atoms with Gasteiger partial charge in [-0.25, -0.2) is 0 Å². The number of ether oxygens (including phenoxy) is 1. The number of rotatable bonds is 3. The van der Waals surface area contributed by atoms with Gasteiger partial charge >= 0.3 is 0 Å². The highest BCUT2D eigenvalue weighted by Crippen LogP contribution is 2.31. The molecule has 102 valence electrons. The summed E-state index contributed by atoms with van der Waals surface area (Å²) >= 11 is 0. The summed E-state index contributed by atoms with van der Waals surface area (Å²) in [6.07, 6.45) is 0. The van der Waals surface area contributed by atoms with Crippen LogP contribution in [0.4, 0.5) is 0 Å². The van der Waals surface area contributed by atoms with Crippen LogP contribution in [0.3, 0.4) is 0 Å². The highest BCUT2D eigenvalue weighted by Gasteiger charge is 2.15. The topological polar surface area (TPSA) is 58.8 Å². The van der Waals surface area contributed by atoms with E-state index < -0.39 is 0 Å². The Hall–Kier alpha value is -2.41. The van der Waals surface area contributed by atoms with Gasteiger partial charge in [0, 0.05) is 0 Å². The Balaban J connectivity index is 2.47. The second kappa shape index (κ2) is 5.70. The standard InChI is InChI=1S/C16H17N3O/c1-10(2)13-7-5-6-8-15(13)20-16-14(9-17)11(3)12(4)18-19-16/h5-8,10H,1-4H3. The Kier molecular flexibility index (Phi) is 3.99. The Labute approximate surface area is 119 Å². The lowest BCUT2D eigenvalue weighted by molar-refractivity contribution is 0.444. The largest absolute Gasteiger partial charge is 0.436 e. The van der Waals surface area contributed by atoms with Gasteiger partial charge in [0.1, 0.15) is 17.4 Å². The van der Waals surface area contributed by atoms with Gasteiger partial charge in [-0.2, -0.15) is 10.4 Å². The number of benzene rings is 1. The highest BCUT2D eigenvalue weighted by molar-refractivity contribution is 5.47. The lowest BCUT2D eigenvalue weighted by Crippen LogP contribution is -2.02. The Morgan fingerprint density at radius 2 is 1.85 bits per heavy atom. The number of aryl methyl sites for hydroxylation is 1. The molecule has 0 amide bonds. The van der Waals surface area contributed by atoms with E-state index in [1.807, 2.05) is 38.1 Å². The highest BCUT2D eigenvalue weighted by atomic mass is 16.5. The molecule has 0 saturated heterocycles. The van der Waals surface area contributed by atoms with E-state index in [4.69, 9.17) is 4.74 Å². The molecular formula is C16H17N3O. The average Bonchev–Trinajstić information content (AvgIpc) is 2.43. The molecule has 1 aromatic heterocycles. The minimum absolute atomic E-state index is 0.267. The van der Waals surface area contributed by atoms with Gasteiger partial charge in [0.25, 0.3) is 5.88 Å². The Morgan fingerprint density at radius 3 is 2.50 bits per heavy atom. The average molecular weight is 267 g/mol. The first-order chi connectivity index (χ1) is 9.54. The van der Waals surface area contributed by atoms with E-state index in [1.165, 1.54) is 0 Å². The van der Waals surface area contributed by atoms with Crippen molar-refractivity contribution in [3.8, 4) is 17.7 Å². The van der Waals surface area contributed by atoms with Crippen molar-refractivity contribution < 1.29 is 4.74 Å². The summed E-state index contributed by atoms with van der Waals surface area (Å²) in [5.41, 5.74) is 3.07. The van der Waals surface area contributed by atoms with Gasteiger partial charge < -0.3 is 4.74 Å². The van der Waals surface area contributed by atoms with Gasteiger partial charge in [-0.05, 0) is 37.0 Å². The number of para-hydroxylation sites is 1. The van der Waals surface area contributed by atoms with E-state index in [-0.39, 0.29) is 5.88 Å². The van der Waals surface area contributed by atoms with Crippen LogP contribution in [0.25, 0.3) is 0 Å². The molecule has 20 heavy (non-hydrogen) atoms. The third kappa shape index (κ3) is 2.62. The van der Waals surface area contributed by atoms with Gasteiger partial charge in [-0.3, -0.25) is 0 Å². The molecule has 4 nitrogen and oxygen atoms in total. The van der Waals surface area contributed by atoms with Crippen molar-refractivity contribution >= 4 is 0 Å². The molecule has 1 aromatic carbocycles. The Bertz CT molecular complexity index is 672. The summed E-state index contributed by atoms with van der Waals surface area (Å²) in [5, 5.41) is 17.3. The van der Waals surface area contributed by atoms with Crippen molar-refractivity contribution in [2.24, 2.45) is 0 Å². The molecule has 0 bridgehead atoms. The van der Waals surface area contributed by atoms with E-state index in [9.17, 15) is 5.26 Å². The summed E-state index contributed by atoms with van der Waals surface area (Å²) < 4.78 is 5.83. The molecule has 0 aliphatic carbocycles. The Morgan fingerprint density at radius 1 is 1.15 bits per heavy atom. The number of nitrogens with zero attached hydrogens (tertiary/aromatic N) is 3. The van der Waals surface area contributed by atoms with Crippen LogP contribution in [0.5, 0.6) is 11.6 Å². The molecule has 0 aliphatic heterocycles. The van der Waals surface area contributed by atoms with Crippen LogP contribution in [-0.2, 0) is 0 Å². The van der Waals surface area contributed by atoms with Crippen LogP contribution in [0.2, 0.25) is 0 Å². The fraction of sp³-hybridized carbons (Fsp3) is 0.312. The minimum Gasteiger partial charge on any atom is -0.436 e. The summed E-state index contributed by atoms with van der Waals surface area (Å²) in [5.74, 6) is 1.32. The fourth-order valence-electron chi connectivity index (χ4n) is 1.94. The van der Waals surface area contributed by atoms with Gasteiger partial charge in [-0.1, -0.05) is 32.0 Å². The fourth-order valence-corrected chi connectivity index (χ4v) is 1.94. The van der Waals surface area contributed by atoms with Crippen molar-refractivity contribution in [3.63, 3.8) is 0 Å². The number of hydrogen-bond donors (Lipinski definition) is 0. The van der Waals surface area contributed by atoms with E-state index in [0.717, 1.165) is 22.6 Å². The first-order valence-corrected chi connectivity index (χ1v) is 6.55. The van der Waals surface area contributed by atoms with Crippen molar-refractivity contribution in [2.75, 3.05) is 0 Å². The zero-order valence-corrected chi connectivity index (χ0v) is 12.1. The second-order valence-electron chi connectivity index (χ2n) is 5.00. The molecule has 2 rings (SSSR count). The lowest BCUT2D eigenvalue weighted by Gasteiger charge is -2.14. The summed E-state index contributed by atoms with van der Waals surface area (Å²) in [4.78, 5) is 0. The van der Waals surface area contributed by atoms with Crippen molar-refractivity contribution in [1.82, 2.24) is 10.2 Å². The molecule has 0 unspecified atom stereocenters. The maximum atomic E-state index is 9.28. The molecular weight excluding hydrogens is 250 g/mol. The zero-order chi connectivity index (χ0) is 14.7. The number of aromatic nitrogens is 2. The van der Waals surface area contributed by atoms with Crippen LogP contribution in [-0.4, -0.2) is 10.2 Å². The first kappa shape index (κ1) is 14.0. The van der Waals surface area contributed by atoms with Gasteiger partial charge in [-0.15, -0.1) is 5.10 Å². The quantitative estimate of drug-likeness (QED) is 0.846. The van der Waals surface area contributed by atoms with Gasteiger partial charge in [0.15, 0.2) is 0 Å². The van der Waals surface area contributed by atoms with Crippen LogP contribution < -0.4 is 4.74 Å². The van der Waals surface area contributed by atoms with Crippen LogP contribution in [0.15, 0.2) is 24.3 Å². The normalized spacial score (nSPS) is 10.4. The van der Waals surface area contributed by atoms with Crippen LogP contribution >= 0.6 is 0 Å². The monoisotopic (exact) mass is 267 g/mol. The molecule has 0 N–H and O–H groups in total. The molecule has 0 radical (unpaired) electrons. The SMILES string of the molecule is Cc1nnc(Oc2ccccc2C(C)C)c(C#N)c1C. The van der Waals surface area contributed by atoms with E-state index in [1.54, 1.807) is 0 Å². The maximum Gasteiger partial charge on any atom is 0.257 e. The molecule has 0 spiro atoms. The molecule has 0 fully saturated rings. The van der Waals surface area contributed by atoms with E-state index >= 15 is 0 Å². The third-order valence-corrected chi connectivity index (χ3v) is 3.28. The molecule has 2 aromatic rings. The lowest BCUT2D eigenvalue weighted by atomic mass is 10.0. The second-order valence-corrected chi connectivity index (χ2v) is 5.00. The van der Waals surface area contributed by atoms with E-state index in [2.05, 4.69) is 30.1 Å². The maximum absolute atomic E-state index is 9.28. The van der Waals surface area contributed by atoms with Crippen molar-refractivity contribution in [2.45, 2.75) is 33.6 Å². The number of nitriles is 1. The molecule has 0 aliphatic rings. The van der Waals surface area contributed by atoms with Crippen LogP contribution in [0.1, 0.15) is 42.1 Å². The molecule has 0 atom stereocenters. The predicted molar refractivity (Wildman–Crippen MR) is 76.8 cm³/mol. The molecule has 0 saturated carbocycles. The smallest absolute Gasteiger partial charge is 0.257 e. The first-order valence-electron chi connectivity index (χ1n) is 6.55. The summed E-state index contributed by atoms with van der Waals surface area (Å²) in [6, 6.07) is 9.92. The van der Waals surface area contributed by atoms with Gasteiger partial charge in [0.05, 0.1) is 5.69 Å². The zero-order valence-electron chi connectivity index (χ0n) is 12.1. The third-order valence-electron chi connectivity index (χ3n) is 3.28. The molecule has 4 heteroatoms. The van der Waals surface area contributed by atoms with Crippen molar-refractivity contribution in [3.05, 3.63) is 46.6 Å². The van der Waals surface area contributed by atoms with Crippen molar-refractivity contribution in [1.29, 1.82) is 5.26 Å². The summed E-state index contributed by atoms with van der Waals surface area (Å²) in [7, 11) is 0. The summed E-state index contributed by atoms with van der Waals surface area (Å²) in [6.45, 7) is 7.87. The van der Waals surface area contributed by atoms with Crippen LogP contribution in [0, 0.1) is 25.2 Å². The predicted octanol–water partition coefficient (Wildman–Crippen LogP) is 3.88. The molecule has 1 heterocycles. The minimum atomic E-state index is 0.267. The van der Waals surface area contributed by atoms with Gasteiger partial charge in [0.2, 0.25) is 0 Å².